The van der Waals surface area contributed by atoms with Gasteiger partial charge in [0.1, 0.15) is 6.04 Å². The number of rotatable bonds is 2. The fourth-order valence-electron chi connectivity index (χ4n) is 4.32. The van der Waals surface area contributed by atoms with Crippen LogP contribution in [0.5, 0.6) is 0 Å². The van der Waals surface area contributed by atoms with Crippen LogP contribution in [-0.4, -0.2) is 60.3 Å². The molecule has 1 aliphatic carbocycles. The van der Waals surface area contributed by atoms with E-state index in [1.54, 1.807) is 4.90 Å². The fraction of sp³-hybridized carbons (Fsp3) is 0.938. The van der Waals surface area contributed by atoms with E-state index in [0.29, 0.717) is 32.0 Å². The summed E-state index contributed by atoms with van der Waals surface area (Å²) in [6, 6.07) is -1.91. The molecule has 132 valence electrons. The Kier molecular flexibility index (Phi) is 5.04. The predicted molar refractivity (Wildman–Crippen MR) is 81.1 cm³/mol. The van der Waals surface area contributed by atoms with Crippen LogP contribution in [0.3, 0.4) is 0 Å². The highest BCUT2D eigenvalue weighted by Crippen LogP contribution is 2.35. The average Bonchev–Trinajstić information content (AvgIpc) is 3.04. The highest BCUT2D eigenvalue weighted by Gasteiger charge is 2.47. The molecule has 2 amide bonds. The van der Waals surface area contributed by atoms with E-state index in [-0.39, 0.29) is 0 Å². The summed E-state index contributed by atoms with van der Waals surface area (Å²) in [5.41, 5.74) is 0. The Morgan fingerprint density at radius 1 is 1.00 bits per heavy atom. The second-order valence-electron chi connectivity index (χ2n) is 7.14. The van der Waals surface area contributed by atoms with Gasteiger partial charge >= 0.3 is 12.2 Å². The second-order valence-corrected chi connectivity index (χ2v) is 7.14. The summed E-state index contributed by atoms with van der Waals surface area (Å²) in [5, 5.41) is 2.31. The van der Waals surface area contributed by atoms with E-state index in [1.165, 1.54) is 6.42 Å². The lowest BCUT2D eigenvalue weighted by atomic mass is 9.97. The number of hydrogen-bond donors (Lipinski definition) is 1. The van der Waals surface area contributed by atoms with Crippen LogP contribution >= 0.6 is 0 Å². The molecule has 2 heterocycles. The van der Waals surface area contributed by atoms with Crippen molar-refractivity contribution in [1.29, 1.82) is 0 Å². The third-order valence-electron chi connectivity index (χ3n) is 5.63. The van der Waals surface area contributed by atoms with Crippen molar-refractivity contribution in [3.05, 3.63) is 0 Å². The number of carbonyl (C=O) groups excluding carboxylic acids is 1. The Morgan fingerprint density at radius 2 is 1.70 bits per heavy atom. The molecule has 0 aromatic carbocycles. The van der Waals surface area contributed by atoms with Gasteiger partial charge in [-0.3, -0.25) is 4.90 Å². The summed E-state index contributed by atoms with van der Waals surface area (Å²) >= 11 is 0. The molecule has 0 unspecified atom stereocenters. The van der Waals surface area contributed by atoms with Gasteiger partial charge in [-0.05, 0) is 38.1 Å². The highest BCUT2D eigenvalue weighted by atomic mass is 19.4. The van der Waals surface area contributed by atoms with E-state index >= 15 is 0 Å². The number of piperazine rings is 1. The summed E-state index contributed by atoms with van der Waals surface area (Å²) in [6.45, 7) is 2.91. The second kappa shape index (κ2) is 6.87. The topological polar surface area (TPSA) is 35.6 Å². The Morgan fingerprint density at radius 3 is 2.39 bits per heavy atom. The molecule has 1 saturated carbocycles. The van der Waals surface area contributed by atoms with E-state index in [1.807, 2.05) is 0 Å². The molecule has 0 radical (unpaired) electrons. The molecule has 2 atom stereocenters. The molecule has 3 aliphatic rings. The van der Waals surface area contributed by atoms with Crippen molar-refractivity contribution in [2.75, 3.05) is 26.2 Å². The molecule has 1 N–H and O–H groups in total. The summed E-state index contributed by atoms with van der Waals surface area (Å²) in [6.07, 6.45) is 1.76. The molecule has 4 nitrogen and oxygen atoms in total. The lowest BCUT2D eigenvalue weighted by Gasteiger charge is -2.44. The van der Waals surface area contributed by atoms with Gasteiger partial charge in [-0.1, -0.05) is 19.3 Å². The molecule has 0 aromatic rings. The third kappa shape index (κ3) is 3.92. The largest absolute Gasteiger partial charge is 0.408 e. The van der Waals surface area contributed by atoms with Gasteiger partial charge in [-0.15, -0.1) is 0 Å². The molecule has 0 aromatic heterocycles. The quantitative estimate of drug-likeness (QED) is 0.843. The van der Waals surface area contributed by atoms with Gasteiger partial charge in [0, 0.05) is 25.7 Å². The standard InChI is InChI=1S/C16H26F3N3O/c17-16(18,19)14(12-5-1-2-6-12)20-15(23)22-10-9-21-8-4-3-7-13(21)11-22/h12-14H,1-11H2,(H,20,23)/t13-,14+/m1/s1. The van der Waals surface area contributed by atoms with E-state index in [9.17, 15) is 18.0 Å². The smallest absolute Gasteiger partial charge is 0.326 e. The van der Waals surface area contributed by atoms with E-state index < -0.39 is 24.2 Å². The first-order chi connectivity index (χ1) is 10.9. The normalized spacial score (nSPS) is 28.5. The van der Waals surface area contributed by atoms with Crippen LogP contribution in [-0.2, 0) is 0 Å². The first-order valence-electron chi connectivity index (χ1n) is 8.81. The van der Waals surface area contributed by atoms with E-state index in [4.69, 9.17) is 0 Å². The SMILES string of the molecule is O=C(N[C@@H](C1CCCC1)C(F)(F)F)N1CCN2CCCC[C@@H]2C1. The van der Waals surface area contributed by atoms with Crippen LogP contribution < -0.4 is 5.32 Å². The Labute approximate surface area is 135 Å². The van der Waals surface area contributed by atoms with Gasteiger partial charge in [0.15, 0.2) is 0 Å². The van der Waals surface area contributed by atoms with Gasteiger partial charge in [0.2, 0.25) is 0 Å². The fourth-order valence-corrected chi connectivity index (χ4v) is 4.32. The average molecular weight is 333 g/mol. The molecule has 0 bridgehead atoms. The van der Waals surface area contributed by atoms with Crippen molar-refractivity contribution in [3.63, 3.8) is 0 Å². The minimum atomic E-state index is -4.36. The molecule has 2 saturated heterocycles. The number of halogens is 3. The molecule has 0 spiro atoms. The van der Waals surface area contributed by atoms with Crippen LogP contribution in [0, 0.1) is 5.92 Å². The summed E-state index contributed by atoms with van der Waals surface area (Å²) < 4.78 is 40.0. The molecular formula is C16H26F3N3O. The maximum absolute atomic E-state index is 13.3. The molecule has 2 aliphatic heterocycles. The predicted octanol–water partition coefficient (Wildman–Crippen LogP) is 2.99. The van der Waals surface area contributed by atoms with Crippen molar-refractivity contribution >= 4 is 6.03 Å². The lowest BCUT2D eigenvalue weighted by molar-refractivity contribution is -0.165. The molecule has 3 rings (SSSR count). The van der Waals surface area contributed by atoms with E-state index in [0.717, 1.165) is 38.8 Å². The van der Waals surface area contributed by atoms with Crippen molar-refractivity contribution in [2.24, 2.45) is 5.92 Å². The zero-order valence-electron chi connectivity index (χ0n) is 13.4. The molecule has 23 heavy (non-hydrogen) atoms. The molecule has 3 fully saturated rings. The van der Waals surface area contributed by atoms with Crippen molar-refractivity contribution < 1.29 is 18.0 Å². The summed E-state index contributed by atoms with van der Waals surface area (Å²) in [4.78, 5) is 16.3. The number of fused-ring (bicyclic) bond motifs is 1. The number of hydrogen-bond acceptors (Lipinski definition) is 2. The minimum absolute atomic E-state index is 0.319. The molecular weight excluding hydrogens is 307 g/mol. The van der Waals surface area contributed by atoms with Gasteiger partial charge in [0.25, 0.3) is 0 Å². The number of urea groups is 1. The maximum Gasteiger partial charge on any atom is 0.408 e. The number of nitrogens with zero attached hydrogens (tertiary/aromatic N) is 2. The minimum Gasteiger partial charge on any atom is -0.326 e. The highest BCUT2D eigenvalue weighted by molar-refractivity contribution is 5.75. The van der Waals surface area contributed by atoms with Crippen LogP contribution in [0.15, 0.2) is 0 Å². The van der Waals surface area contributed by atoms with Crippen LogP contribution in [0.25, 0.3) is 0 Å². The van der Waals surface area contributed by atoms with Gasteiger partial charge < -0.3 is 10.2 Å². The monoisotopic (exact) mass is 333 g/mol. The number of carbonyl (C=O) groups is 1. The van der Waals surface area contributed by atoms with Gasteiger partial charge in [0.05, 0.1) is 0 Å². The van der Waals surface area contributed by atoms with Crippen LogP contribution in [0.1, 0.15) is 44.9 Å². The Hall–Kier alpha value is -0.980. The first-order valence-corrected chi connectivity index (χ1v) is 8.81. The Balaban J connectivity index is 1.60. The van der Waals surface area contributed by atoms with Crippen molar-refractivity contribution in [2.45, 2.75) is 63.2 Å². The van der Waals surface area contributed by atoms with Crippen molar-refractivity contribution in [3.8, 4) is 0 Å². The first kappa shape index (κ1) is 16.9. The summed E-state index contributed by atoms with van der Waals surface area (Å²) in [7, 11) is 0. The molecule has 7 heteroatoms. The third-order valence-corrected chi connectivity index (χ3v) is 5.63. The zero-order valence-corrected chi connectivity index (χ0v) is 13.4. The number of alkyl halides is 3. The van der Waals surface area contributed by atoms with Gasteiger partial charge in [-0.25, -0.2) is 4.79 Å². The summed E-state index contributed by atoms with van der Waals surface area (Å²) in [5.74, 6) is -0.463. The lowest BCUT2D eigenvalue weighted by Crippen LogP contribution is -2.60. The maximum atomic E-state index is 13.3. The zero-order chi connectivity index (χ0) is 16.4. The Bertz CT molecular complexity index is 423. The number of nitrogens with one attached hydrogen (secondary N) is 1. The number of piperidine rings is 1. The van der Waals surface area contributed by atoms with Crippen LogP contribution in [0.4, 0.5) is 18.0 Å². The van der Waals surface area contributed by atoms with Crippen LogP contribution in [0.2, 0.25) is 0 Å². The van der Waals surface area contributed by atoms with Gasteiger partial charge in [-0.2, -0.15) is 13.2 Å². The van der Waals surface area contributed by atoms with E-state index in [2.05, 4.69) is 10.2 Å². The number of amides is 2. The van der Waals surface area contributed by atoms with Crippen molar-refractivity contribution in [1.82, 2.24) is 15.1 Å².